The molecule has 0 saturated heterocycles. The van der Waals surface area contributed by atoms with Crippen molar-refractivity contribution in [3.05, 3.63) is 35.4 Å². The van der Waals surface area contributed by atoms with Crippen molar-refractivity contribution in [2.75, 3.05) is 0 Å². The van der Waals surface area contributed by atoms with Gasteiger partial charge in [-0.2, -0.15) is 0 Å². The van der Waals surface area contributed by atoms with Crippen LogP contribution in [0.25, 0.3) is 0 Å². The first kappa shape index (κ1) is 18.2. The van der Waals surface area contributed by atoms with Crippen LogP contribution >= 0.6 is 0 Å². The van der Waals surface area contributed by atoms with E-state index in [4.69, 9.17) is 0 Å². The Morgan fingerprint density at radius 3 is 2.17 bits per heavy atom. The summed E-state index contributed by atoms with van der Waals surface area (Å²) in [6.45, 7) is 6.58. The molecule has 1 atom stereocenters. The molecule has 0 aromatic heterocycles. The van der Waals surface area contributed by atoms with Gasteiger partial charge in [0, 0.05) is 5.56 Å². The number of benzene rings is 1. The van der Waals surface area contributed by atoms with Gasteiger partial charge in [-0.05, 0) is 65.6 Å². The van der Waals surface area contributed by atoms with E-state index in [1.54, 1.807) is 0 Å². The number of rotatable bonds is 1. The molecule has 24 heavy (non-hydrogen) atoms. The average Bonchev–Trinajstić information content (AvgIpc) is 2.58. The third-order valence-corrected chi connectivity index (χ3v) is 4.46. The van der Waals surface area contributed by atoms with Crippen LogP contribution < -0.4 is 0 Å². The Kier molecular flexibility index (Phi) is 6.55. The van der Waals surface area contributed by atoms with E-state index in [0.717, 1.165) is 18.4 Å². The summed E-state index contributed by atoms with van der Waals surface area (Å²) in [5, 5.41) is 10.0. The van der Waals surface area contributed by atoms with Gasteiger partial charge in [-0.3, -0.25) is 0 Å². The summed E-state index contributed by atoms with van der Waals surface area (Å²) in [4.78, 5) is 0. The van der Waals surface area contributed by atoms with Crippen molar-refractivity contribution in [3.8, 4) is 35.5 Å². The van der Waals surface area contributed by atoms with Crippen molar-refractivity contribution in [2.24, 2.45) is 5.92 Å². The maximum absolute atomic E-state index is 10.0. The minimum atomic E-state index is -0.544. The van der Waals surface area contributed by atoms with E-state index < -0.39 is 6.10 Å². The van der Waals surface area contributed by atoms with Gasteiger partial charge in [0.25, 0.3) is 0 Å². The molecule has 0 radical (unpaired) electrons. The first-order chi connectivity index (χ1) is 11.5. The van der Waals surface area contributed by atoms with Crippen LogP contribution in [0.4, 0.5) is 0 Å². The topological polar surface area (TPSA) is 20.2 Å². The summed E-state index contributed by atoms with van der Waals surface area (Å²) in [6.07, 6.45) is 5.30. The second-order valence-corrected chi connectivity index (χ2v) is 7.44. The lowest BCUT2D eigenvalue weighted by molar-refractivity contribution is 0.133. The molecule has 0 bridgehead atoms. The van der Waals surface area contributed by atoms with Gasteiger partial charge >= 0.3 is 0 Å². The minimum absolute atomic E-state index is 0.153. The number of aliphatic hydroxyl groups excluding tert-OH is 1. The zero-order chi connectivity index (χ0) is 17.4. The lowest BCUT2D eigenvalue weighted by Gasteiger charge is -2.22. The maximum Gasteiger partial charge on any atom is 0.118 e. The zero-order valence-corrected chi connectivity index (χ0v) is 14.9. The third kappa shape index (κ3) is 5.81. The fourth-order valence-electron chi connectivity index (χ4n) is 2.90. The van der Waals surface area contributed by atoms with Gasteiger partial charge in [-0.15, -0.1) is 0 Å². The Bertz CT molecular complexity index is 708. The molecule has 0 unspecified atom stereocenters. The maximum atomic E-state index is 10.0. The van der Waals surface area contributed by atoms with Crippen molar-refractivity contribution in [3.63, 3.8) is 0 Å². The molecule has 0 amide bonds. The highest BCUT2D eigenvalue weighted by Gasteiger charge is 2.19. The minimum Gasteiger partial charge on any atom is -0.380 e. The quantitative estimate of drug-likeness (QED) is 0.766. The van der Waals surface area contributed by atoms with Crippen molar-refractivity contribution in [1.29, 1.82) is 0 Å². The van der Waals surface area contributed by atoms with Crippen LogP contribution in [0, 0.1) is 41.4 Å². The van der Waals surface area contributed by atoms with Crippen LogP contribution in [0.1, 0.15) is 64.0 Å². The van der Waals surface area contributed by atoms with Crippen LogP contribution in [0.3, 0.4) is 0 Å². The molecule has 2 rings (SSSR count). The zero-order valence-electron chi connectivity index (χ0n) is 14.9. The molecule has 0 heterocycles. The van der Waals surface area contributed by atoms with E-state index in [1.165, 1.54) is 24.8 Å². The van der Waals surface area contributed by atoms with E-state index in [1.807, 2.05) is 12.1 Å². The highest BCUT2D eigenvalue weighted by Crippen LogP contribution is 2.26. The summed E-state index contributed by atoms with van der Waals surface area (Å²) < 4.78 is 0. The van der Waals surface area contributed by atoms with Gasteiger partial charge in [-0.1, -0.05) is 64.0 Å². The smallest absolute Gasteiger partial charge is 0.118 e. The molecule has 1 nitrogen and oxygen atoms in total. The van der Waals surface area contributed by atoms with Crippen molar-refractivity contribution in [1.82, 2.24) is 0 Å². The Balaban J connectivity index is 1.90. The second kappa shape index (κ2) is 8.64. The Morgan fingerprint density at radius 1 is 0.917 bits per heavy atom. The number of hydrogen-bond acceptors (Lipinski definition) is 1. The molecular weight excluding hydrogens is 292 g/mol. The van der Waals surface area contributed by atoms with Crippen LogP contribution in [0.15, 0.2) is 24.3 Å². The highest BCUT2D eigenvalue weighted by molar-refractivity contribution is 5.44. The van der Waals surface area contributed by atoms with Gasteiger partial charge in [0.05, 0.1) is 0 Å². The Hall–Kier alpha value is -2.14. The predicted molar refractivity (Wildman–Crippen MR) is 100 cm³/mol. The molecule has 1 fully saturated rings. The van der Waals surface area contributed by atoms with Crippen molar-refractivity contribution < 1.29 is 5.11 Å². The fourth-order valence-corrected chi connectivity index (χ4v) is 2.90. The van der Waals surface area contributed by atoms with Gasteiger partial charge < -0.3 is 5.11 Å². The summed E-state index contributed by atoms with van der Waals surface area (Å²) in [5.41, 5.74) is 2.40. The molecule has 1 aromatic carbocycles. The third-order valence-electron chi connectivity index (χ3n) is 4.46. The van der Waals surface area contributed by atoms with Gasteiger partial charge in [0.2, 0.25) is 0 Å². The molecule has 1 heteroatoms. The molecule has 1 aromatic rings. The van der Waals surface area contributed by atoms with E-state index >= 15 is 0 Å². The van der Waals surface area contributed by atoms with Crippen LogP contribution in [0.5, 0.6) is 0 Å². The molecule has 0 spiro atoms. The lowest BCUT2D eigenvalue weighted by Crippen LogP contribution is -2.20. The normalized spacial score (nSPS) is 15.8. The van der Waals surface area contributed by atoms with Crippen LogP contribution in [-0.2, 0) is 5.41 Å². The summed E-state index contributed by atoms with van der Waals surface area (Å²) in [5.74, 6) is 17.2. The molecule has 1 aliphatic carbocycles. The van der Waals surface area contributed by atoms with Gasteiger partial charge in [0.15, 0.2) is 0 Å². The monoisotopic (exact) mass is 318 g/mol. The molecule has 124 valence electrons. The molecule has 1 saturated carbocycles. The Morgan fingerprint density at radius 2 is 1.54 bits per heavy atom. The van der Waals surface area contributed by atoms with E-state index in [9.17, 15) is 5.11 Å². The largest absolute Gasteiger partial charge is 0.380 e. The number of hydrogen-bond donors (Lipinski definition) is 1. The van der Waals surface area contributed by atoms with Gasteiger partial charge in [-0.25, -0.2) is 0 Å². The molecule has 1 N–H and O–H groups in total. The molecular formula is C23H26O. The lowest BCUT2D eigenvalue weighted by atomic mass is 9.85. The van der Waals surface area contributed by atoms with Crippen LogP contribution in [-0.4, -0.2) is 11.2 Å². The van der Waals surface area contributed by atoms with E-state index in [0.29, 0.717) is 5.92 Å². The van der Waals surface area contributed by atoms with E-state index in [2.05, 4.69) is 68.4 Å². The SMILES string of the molecule is CC(C)(C)c1ccc(C#CC#CC#C[C@H](O)C2CCCCC2)cc1. The standard InChI is InChI=1S/C23H26O/c1-23(2,3)21-17-15-19(16-18-21)11-7-4-5-10-14-22(24)20-12-8-6-9-13-20/h15-18,20,22,24H,6,8-9,12-13H2,1-3H3/t22-/m0/s1. The first-order valence-corrected chi connectivity index (χ1v) is 8.77. The summed E-state index contributed by atoms with van der Waals surface area (Å²) in [6, 6.07) is 8.26. The molecule has 0 aliphatic heterocycles. The first-order valence-electron chi connectivity index (χ1n) is 8.77. The summed E-state index contributed by atoms with van der Waals surface area (Å²) >= 11 is 0. The van der Waals surface area contributed by atoms with Crippen LogP contribution in [0.2, 0.25) is 0 Å². The average molecular weight is 318 g/mol. The van der Waals surface area contributed by atoms with Crippen molar-refractivity contribution in [2.45, 2.75) is 64.4 Å². The second-order valence-electron chi connectivity index (χ2n) is 7.44. The van der Waals surface area contributed by atoms with Gasteiger partial charge in [0.1, 0.15) is 6.10 Å². The number of aliphatic hydroxyl groups is 1. The Labute approximate surface area is 146 Å². The van der Waals surface area contributed by atoms with E-state index in [-0.39, 0.29) is 5.41 Å². The summed E-state index contributed by atoms with van der Waals surface area (Å²) in [7, 11) is 0. The predicted octanol–water partition coefficient (Wildman–Crippen LogP) is 4.28. The molecule has 1 aliphatic rings. The highest BCUT2D eigenvalue weighted by atomic mass is 16.3. The van der Waals surface area contributed by atoms with Crippen molar-refractivity contribution >= 4 is 0 Å². The fraction of sp³-hybridized carbons (Fsp3) is 0.478.